The van der Waals surface area contributed by atoms with Crippen LogP contribution in [0.2, 0.25) is 0 Å². The number of carbonyl (C=O) groups is 2. The van der Waals surface area contributed by atoms with Crippen LogP contribution in [-0.4, -0.2) is 46.5 Å². The summed E-state index contributed by atoms with van der Waals surface area (Å²) in [6.07, 6.45) is 2.23. The van der Waals surface area contributed by atoms with Gasteiger partial charge in [0, 0.05) is 19.3 Å². The van der Waals surface area contributed by atoms with E-state index in [1.54, 1.807) is 4.90 Å². The van der Waals surface area contributed by atoms with E-state index >= 15 is 0 Å². The number of aromatic carboxylic acids is 1. The van der Waals surface area contributed by atoms with Crippen LogP contribution in [0.25, 0.3) is 0 Å². The van der Waals surface area contributed by atoms with E-state index < -0.39 is 5.97 Å². The summed E-state index contributed by atoms with van der Waals surface area (Å²) in [6, 6.07) is 2.83. The number of carbonyl (C=O) groups excluding carboxylic acids is 1. The zero-order chi connectivity index (χ0) is 13.1. The van der Waals surface area contributed by atoms with Crippen molar-refractivity contribution in [1.82, 2.24) is 9.88 Å². The van der Waals surface area contributed by atoms with Crippen molar-refractivity contribution in [1.29, 1.82) is 0 Å². The molecule has 6 nitrogen and oxygen atoms in total. The van der Waals surface area contributed by atoms with Crippen molar-refractivity contribution in [3.63, 3.8) is 0 Å². The fraction of sp³-hybridized carbons (Fsp3) is 0.417. The van der Waals surface area contributed by atoms with E-state index in [1.165, 1.54) is 18.3 Å². The Hall–Kier alpha value is -1.95. The lowest BCUT2D eigenvalue weighted by atomic mass is 10.1. The molecule has 1 fully saturated rings. The fourth-order valence-electron chi connectivity index (χ4n) is 2.04. The number of aromatic nitrogens is 1. The maximum absolute atomic E-state index is 12.1. The van der Waals surface area contributed by atoms with E-state index in [2.05, 4.69) is 4.98 Å². The molecule has 0 radical (unpaired) electrons. The van der Waals surface area contributed by atoms with Gasteiger partial charge in [-0.2, -0.15) is 0 Å². The van der Waals surface area contributed by atoms with Crippen molar-refractivity contribution < 1.29 is 14.7 Å². The quantitative estimate of drug-likeness (QED) is 0.797. The number of likely N-dealkylation sites (tertiary alicyclic amines) is 1. The maximum atomic E-state index is 12.1. The molecule has 0 aromatic carbocycles. The molecule has 2 rings (SSSR count). The molecule has 1 aliphatic heterocycles. The minimum Gasteiger partial charge on any atom is -0.477 e. The lowest BCUT2D eigenvalue weighted by Crippen LogP contribution is -2.30. The average Bonchev–Trinajstić information content (AvgIpc) is 2.86. The minimum atomic E-state index is -1.10. The summed E-state index contributed by atoms with van der Waals surface area (Å²) < 4.78 is 0. The largest absolute Gasteiger partial charge is 0.477 e. The molecule has 1 aromatic rings. The number of carboxylic acid groups (broad SMARTS) is 1. The standard InChI is InChI=1S/C12H15N3O3/c13-5-8-3-4-15(7-8)11(16)9-1-2-10(12(17)18)14-6-9/h1-2,6,8H,3-5,7,13H2,(H,17,18). The summed E-state index contributed by atoms with van der Waals surface area (Å²) in [5.41, 5.74) is 5.92. The molecule has 1 aliphatic rings. The first-order chi connectivity index (χ1) is 8.61. The Balaban J connectivity index is 2.07. The number of rotatable bonds is 3. The second-order valence-electron chi connectivity index (χ2n) is 4.38. The number of pyridine rings is 1. The highest BCUT2D eigenvalue weighted by molar-refractivity contribution is 5.95. The van der Waals surface area contributed by atoms with Crippen LogP contribution in [0, 0.1) is 5.92 Å². The molecular formula is C12H15N3O3. The Morgan fingerprint density at radius 2 is 2.28 bits per heavy atom. The van der Waals surface area contributed by atoms with Gasteiger partial charge in [0.2, 0.25) is 0 Å². The number of carboxylic acids is 1. The second kappa shape index (κ2) is 5.14. The molecule has 0 bridgehead atoms. The molecule has 0 saturated carbocycles. The smallest absolute Gasteiger partial charge is 0.354 e. The highest BCUT2D eigenvalue weighted by atomic mass is 16.4. The molecule has 1 aromatic heterocycles. The summed E-state index contributed by atoms with van der Waals surface area (Å²) in [5.74, 6) is -0.853. The molecule has 18 heavy (non-hydrogen) atoms. The first-order valence-corrected chi connectivity index (χ1v) is 5.80. The van der Waals surface area contributed by atoms with Gasteiger partial charge >= 0.3 is 5.97 Å². The van der Waals surface area contributed by atoms with Crippen LogP contribution in [0.3, 0.4) is 0 Å². The molecule has 1 saturated heterocycles. The van der Waals surface area contributed by atoms with Gasteiger partial charge in [-0.05, 0) is 31.0 Å². The molecular weight excluding hydrogens is 234 g/mol. The van der Waals surface area contributed by atoms with Gasteiger partial charge in [-0.3, -0.25) is 4.79 Å². The normalized spacial score (nSPS) is 18.9. The minimum absolute atomic E-state index is 0.0622. The van der Waals surface area contributed by atoms with Crippen molar-refractivity contribution in [2.45, 2.75) is 6.42 Å². The summed E-state index contributed by atoms with van der Waals surface area (Å²) in [6.45, 7) is 1.94. The SMILES string of the molecule is NCC1CCN(C(=O)c2ccc(C(=O)O)nc2)C1. The van der Waals surface area contributed by atoms with Crippen molar-refractivity contribution in [2.24, 2.45) is 11.7 Å². The zero-order valence-corrected chi connectivity index (χ0v) is 9.87. The van der Waals surface area contributed by atoms with Crippen LogP contribution in [0.5, 0.6) is 0 Å². The van der Waals surface area contributed by atoms with Gasteiger partial charge < -0.3 is 15.7 Å². The third-order valence-corrected chi connectivity index (χ3v) is 3.14. The predicted molar refractivity (Wildman–Crippen MR) is 64.3 cm³/mol. The molecule has 6 heteroatoms. The topological polar surface area (TPSA) is 96.5 Å². The summed E-state index contributed by atoms with van der Waals surface area (Å²) in [5, 5.41) is 8.72. The molecule has 2 heterocycles. The second-order valence-corrected chi connectivity index (χ2v) is 4.38. The van der Waals surface area contributed by atoms with Crippen molar-refractivity contribution in [3.05, 3.63) is 29.6 Å². The summed E-state index contributed by atoms with van der Waals surface area (Å²) in [7, 11) is 0. The van der Waals surface area contributed by atoms with Gasteiger partial charge in [0.25, 0.3) is 5.91 Å². The number of amides is 1. The Kier molecular flexibility index (Phi) is 3.57. The number of hydrogen-bond donors (Lipinski definition) is 2. The Morgan fingerprint density at radius 1 is 1.50 bits per heavy atom. The number of nitrogens with zero attached hydrogens (tertiary/aromatic N) is 2. The highest BCUT2D eigenvalue weighted by Crippen LogP contribution is 2.17. The van der Waals surface area contributed by atoms with Gasteiger partial charge in [-0.15, -0.1) is 0 Å². The monoisotopic (exact) mass is 249 g/mol. The van der Waals surface area contributed by atoms with E-state index in [1.807, 2.05) is 0 Å². The summed E-state index contributed by atoms with van der Waals surface area (Å²) in [4.78, 5) is 28.2. The average molecular weight is 249 g/mol. The molecule has 1 unspecified atom stereocenters. The molecule has 0 aliphatic carbocycles. The van der Waals surface area contributed by atoms with Crippen LogP contribution in [0.1, 0.15) is 27.3 Å². The lowest BCUT2D eigenvalue weighted by Gasteiger charge is -2.16. The Morgan fingerprint density at radius 3 is 2.78 bits per heavy atom. The zero-order valence-electron chi connectivity index (χ0n) is 9.87. The summed E-state index contributed by atoms with van der Waals surface area (Å²) >= 11 is 0. The van der Waals surface area contributed by atoms with E-state index in [9.17, 15) is 9.59 Å². The lowest BCUT2D eigenvalue weighted by molar-refractivity contribution is 0.0688. The first-order valence-electron chi connectivity index (χ1n) is 5.80. The van der Waals surface area contributed by atoms with Crippen LogP contribution in [0.15, 0.2) is 18.3 Å². The third kappa shape index (κ3) is 2.48. The number of nitrogens with two attached hydrogens (primary N) is 1. The van der Waals surface area contributed by atoms with Gasteiger partial charge in [0.1, 0.15) is 5.69 Å². The van der Waals surface area contributed by atoms with Crippen molar-refractivity contribution in [3.8, 4) is 0 Å². The Labute approximate surface area is 104 Å². The van der Waals surface area contributed by atoms with Crippen LogP contribution in [0.4, 0.5) is 0 Å². The fourth-order valence-corrected chi connectivity index (χ4v) is 2.04. The maximum Gasteiger partial charge on any atom is 0.354 e. The van der Waals surface area contributed by atoms with E-state index in [-0.39, 0.29) is 11.6 Å². The number of hydrogen-bond acceptors (Lipinski definition) is 4. The Bertz CT molecular complexity index is 458. The van der Waals surface area contributed by atoms with Gasteiger partial charge in [-0.25, -0.2) is 9.78 Å². The van der Waals surface area contributed by atoms with Crippen LogP contribution >= 0.6 is 0 Å². The van der Waals surface area contributed by atoms with Crippen molar-refractivity contribution >= 4 is 11.9 Å². The third-order valence-electron chi connectivity index (χ3n) is 3.14. The van der Waals surface area contributed by atoms with Crippen LogP contribution < -0.4 is 5.73 Å². The van der Waals surface area contributed by atoms with Gasteiger partial charge in [0.05, 0.1) is 5.56 Å². The van der Waals surface area contributed by atoms with E-state index in [4.69, 9.17) is 10.8 Å². The van der Waals surface area contributed by atoms with E-state index in [0.717, 1.165) is 6.42 Å². The molecule has 0 spiro atoms. The first kappa shape index (κ1) is 12.5. The van der Waals surface area contributed by atoms with Crippen LogP contribution in [-0.2, 0) is 0 Å². The van der Waals surface area contributed by atoms with Gasteiger partial charge in [-0.1, -0.05) is 0 Å². The van der Waals surface area contributed by atoms with Gasteiger partial charge in [0.15, 0.2) is 0 Å². The van der Waals surface area contributed by atoms with Crippen molar-refractivity contribution in [2.75, 3.05) is 19.6 Å². The molecule has 1 amide bonds. The molecule has 1 atom stereocenters. The predicted octanol–water partition coefficient (Wildman–Crippen LogP) is 0.201. The molecule has 3 N–H and O–H groups in total. The highest BCUT2D eigenvalue weighted by Gasteiger charge is 2.26. The van der Waals surface area contributed by atoms with E-state index in [0.29, 0.717) is 31.1 Å². The molecule has 96 valence electrons.